The zero-order valence-electron chi connectivity index (χ0n) is 14.2. The Morgan fingerprint density at radius 1 is 1.19 bits per heavy atom. The molecule has 1 atom stereocenters. The summed E-state index contributed by atoms with van der Waals surface area (Å²) in [5.41, 5.74) is 6.91. The van der Waals surface area contributed by atoms with Crippen molar-refractivity contribution in [1.29, 1.82) is 0 Å². The van der Waals surface area contributed by atoms with Crippen molar-refractivity contribution in [2.24, 2.45) is 5.73 Å². The number of methoxy groups -OCH3 is 1. The Bertz CT molecular complexity index is 1150. The molecule has 0 saturated heterocycles. The molecule has 27 heavy (non-hydrogen) atoms. The molecule has 0 amide bonds. The number of rotatable bonds is 2. The molecule has 0 aliphatic carbocycles. The van der Waals surface area contributed by atoms with Gasteiger partial charge in [0.2, 0.25) is 10.6 Å². The number of ether oxygens (including phenoxy) is 2. The minimum atomic E-state index is -0.810. The highest BCUT2D eigenvalue weighted by Gasteiger charge is 2.38. The number of benzene rings is 2. The van der Waals surface area contributed by atoms with Crippen molar-refractivity contribution < 1.29 is 18.7 Å². The van der Waals surface area contributed by atoms with Crippen molar-refractivity contribution in [2.75, 3.05) is 7.11 Å². The van der Waals surface area contributed by atoms with Crippen LogP contribution in [0.3, 0.4) is 0 Å². The van der Waals surface area contributed by atoms with E-state index in [0.717, 1.165) is 21.4 Å². The van der Waals surface area contributed by atoms with Crippen molar-refractivity contribution >= 4 is 27.4 Å². The highest BCUT2D eigenvalue weighted by atomic mass is 32.1. The number of hydrogen-bond donors (Lipinski definition) is 1. The molecule has 4 rings (SSSR count). The van der Waals surface area contributed by atoms with Gasteiger partial charge >= 0.3 is 5.97 Å². The summed E-state index contributed by atoms with van der Waals surface area (Å²) in [7, 11) is 1.22. The van der Waals surface area contributed by atoms with Crippen LogP contribution in [0, 0.1) is 5.82 Å². The van der Waals surface area contributed by atoms with E-state index in [9.17, 15) is 14.0 Å². The van der Waals surface area contributed by atoms with Crippen molar-refractivity contribution in [3.8, 4) is 5.75 Å². The summed E-state index contributed by atoms with van der Waals surface area (Å²) in [5, 5.41) is 0.719. The molecule has 0 spiro atoms. The summed E-state index contributed by atoms with van der Waals surface area (Å²) >= 11 is 1.06. The van der Waals surface area contributed by atoms with Gasteiger partial charge < -0.3 is 15.2 Å². The van der Waals surface area contributed by atoms with Crippen LogP contribution in [0.1, 0.15) is 17.0 Å². The summed E-state index contributed by atoms with van der Waals surface area (Å²) in [6, 6.07) is 12.9. The number of carbonyl (C=O) groups is 1. The second-order valence-corrected chi connectivity index (χ2v) is 7.00. The number of esters is 1. The van der Waals surface area contributed by atoms with E-state index < -0.39 is 17.7 Å². The largest absolute Gasteiger partial charge is 0.465 e. The summed E-state index contributed by atoms with van der Waals surface area (Å²) in [6.45, 7) is 0. The minimum Gasteiger partial charge on any atom is -0.465 e. The SMILES string of the molecule is COC(=O)C1=C(N)Oc2c(c(=O)sc3ccccc23)[C@@H]1c1ccc(F)cc1. The van der Waals surface area contributed by atoms with Gasteiger partial charge in [-0.05, 0) is 29.8 Å². The van der Waals surface area contributed by atoms with Crippen LogP contribution in [0.2, 0.25) is 0 Å². The fourth-order valence-corrected chi connectivity index (χ4v) is 4.20. The quantitative estimate of drug-likeness (QED) is 0.687. The highest BCUT2D eigenvalue weighted by molar-refractivity contribution is 7.16. The van der Waals surface area contributed by atoms with E-state index >= 15 is 0 Å². The average molecular weight is 383 g/mol. The van der Waals surface area contributed by atoms with Crippen LogP contribution in [0.15, 0.2) is 64.8 Å². The van der Waals surface area contributed by atoms with E-state index in [1.54, 1.807) is 0 Å². The Morgan fingerprint density at radius 3 is 2.59 bits per heavy atom. The van der Waals surface area contributed by atoms with Gasteiger partial charge in [0.1, 0.15) is 17.1 Å². The Balaban J connectivity index is 2.07. The van der Waals surface area contributed by atoms with E-state index in [1.165, 1.54) is 31.4 Å². The van der Waals surface area contributed by atoms with Crippen LogP contribution in [0.5, 0.6) is 5.75 Å². The third-order valence-electron chi connectivity index (χ3n) is 4.46. The molecule has 136 valence electrons. The first-order valence-corrected chi connectivity index (χ1v) is 8.90. The van der Waals surface area contributed by atoms with Crippen LogP contribution >= 0.6 is 11.3 Å². The Morgan fingerprint density at radius 2 is 1.89 bits per heavy atom. The van der Waals surface area contributed by atoms with Gasteiger partial charge in [-0.2, -0.15) is 0 Å². The number of carbonyl (C=O) groups excluding carboxylic acids is 1. The maximum Gasteiger partial charge on any atom is 0.340 e. The first-order chi connectivity index (χ1) is 13.0. The number of nitrogens with two attached hydrogens (primary N) is 1. The first kappa shape index (κ1) is 17.2. The molecule has 1 aromatic heterocycles. The lowest BCUT2D eigenvalue weighted by Gasteiger charge is -2.28. The number of hydrogen-bond acceptors (Lipinski definition) is 6. The van der Waals surface area contributed by atoms with Crippen LogP contribution in [-0.4, -0.2) is 13.1 Å². The molecule has 0 bridgehead atoms. The second kappa shape index (κ2) is 6.51. The summed E-state index contributed by atoms with van der Waals surface area (Å²) in [5.74, 6) is -1.76. The van der Waals surface area contributed by atoms with Gasteiger partial charge in [0.05, 0.1) is 18.6 Å². The van der Waals surface area contributed by atoms with Crippen LogP contribution in [-0.2, 0) is 9.53 Å². The zero-order chi connectivity index (χ0) is 19.1. The topological polar surface area (TPSA) is 78.6 Å². The summed E-state index contributed by atoms with van der Waals surface area (Å²) < 4.78 is 24.5. The normalized spacial score (nSPS) is 16.0. The van der Waals surface area contributed by atoms with Crippen molar-refractivity contribution in [1.82, 2.24) is 0 Å². The summed E-state index contributed by atoms with van der Waals surface area (Å²) in [4.78, 5) is 25.3. The maximum absolute atomic E-state index is 13.4. The minimum absolute atomic E-state index is 0.0242. The Labute approximate surface area is 157 Å². The van der Waals surface area contributed by atoms with Crippen LogP contribution < -0.4 is 15.2 Å². The Hall–Kier alpha value is -3.19. The predicted octanol–water partition coefficient (Wildman–Crippen LogP) is 3.27. The van der Waals surface area contributed by atoms with E-state index in [0.29, 0.717) is 16.9 Å². The molecule has 5 nitrogen and oxygen atoms in total. The molecule has 3 aromatic rings. The van der Waals surface area contributed by atoms with Gasteiger partial charge in [0.25, 0.3) is 0 Å². The molecule has 0 saturated carbocycles. The van der Waals surface area contributed by atoms with Crippen LogP contribution in [0.25, 0.3) is 10.1 Å². The molecule has 0 radical (unpaired) electrons. The predicted molar refractivity (Wildman–Crippen MR) is 100 cm³/mol. The van der Waals surface area contributed by atoms with Gasteiger partial charge in [-0.25, -0.2) is 9.18 Å². The van der Waals surface area contributed by atoms with Gasteiger partial charge in [-0.1, -0.05) is 35.6 Å². The Kier molecular flexibility index (Phi) is 4.16. The zero-order valence-corrected chi connectivity index (χ0v) is 15.0. The lowest BCUT2D eigenvalue weighted by molar-refractivity contribution is -0.136. The maximum atomic E-state index is 13.4. The fourth-order valence-electron chi connectivity index (χ4n) is 3.26. The lowest BCUT2D eigenvalue weighted by Crippen LogP contribution is -2.30. The van der Waals surface area contributed by atoms with Crippen LogP contribution in [0.4, 0.5) is 4.39 Å². The van der Waals surface area contributed by atoms with Gasteiger partial charge in [0.15, 0.2) is 0 Å². The third kappa shape index (κ3) is 2.76. The van der Waals surface area contributed by atoms with Crippen molar-refractivity contribution in [3.05, 3.63) is 86.5 Å². The van der Waals surface area contributed by atoms with Crippen molar-refractivity contribution in [2.45, 2.75) is 5.92 Å². The molecule has 1 aliphatic rings. The molecule has 1 aliphatic heterocycles. The molecular weight excluding hydrogens is 369 g/mol. The van der Waals surface area contributed by atoms with Gasteiger partial charge in [-0.3, -0.25) is 4.79 Å². The average Bonchev–Trinajstić information content (AvgIpc) is 2.67. The molecule has 2 N–H and O–H groups in total. The van der Waals surface area contributed by atoms with E-state index in [4.69, 9.17) is 15.2 Å². The van der Waals surface area contributed by atoms with E-state index in [1.807, 2.05) is 24.3 Å². The van der Waals surface area contributed by atoms with E-state index in [2.05, 4.69) is 0 Å². The fraction of sp³-hybridized carbons (Fsp3) is 0.100. The third-order valence-corrected chi connectivity index (χ3v) is 5.44. The number of fused-ring (bicyclic) bond motifs is 3. The smallest absolute Gasteiger partial charge is 0.340 e. The first-order valence-electron chi connectivity index (χ1n) is 8.08. The summed E-state index contributed by atoms with van der Waals surface area (Å²) in [6.07, 6.45) is 0. The molecule has 2 aromatic carbocycles. The van der Waals surface area contributed by atoms with Crippen molar-refractivity contribution in [3.63, 3.8) is 0 Å². The molecule has 7 heteroatoms. The van der Waals surface area contributed by atoms with Gasteiger partial charge in [-0.15, -0.1) is 0 Å². The lowest BCUT2D eigenvalue weighted by atomic mass is 9.83. The van der Waals surface area contributed by atoms with E-state index in [-0.39, 0.29) is 16.2 Å². The monoisotopic (exact) mass is 383 g/mol. The number of halogens is 1. The highest BCUT2D eigenvalue weighted by Crippen LogP contribution is 2.44. The molecule has 0 fully saturated rings. The molecular formula is C20H14FNO4S. The molecule has 0 unspecified atom stereocenters. The van der Waals surface area contributed by atoms with Gasteiger partial charge in [0, 0.05) is 10.1 Å². The standard InChI is InChI=1S/C20H14FNO4S/c1-25-19(23)16-14(10-6-8-11(21)9-7-10)15-17(26-18(16)22)12-4-2-3-5-13(12)27-20(15)24/h2-9,14H,22H2,1H3/t14-/m0/s1. The second-order valence-electron chi connectivity index (χ2n) is 5.98. The molecule has 2 heterocycles.